The molecule has 0 saturated carbocycles. The number of aromatic nitrogens is 4. The number of nitrogens with two attached hydrogens (primary N) is 1. The minimum atomic E-state index is -3.86. The fourth-order valence-electron chi connectivity index (χ4n) is 3.99. The standard InChI is InChI=1S/C23H24N6O5S3/c24-37(32,33)23-25-21-7-6-20(14-22(21)35-23)34-16-18-15-29(27-26-18)19-8-11-28(12-9-19)36(30,31)13-10-17-4-2-1-3-5-17/h1-7,10,13-15,19H,8-9,11-12,16H2,(H2,24,32,33). The molecule has 0 atom stereocenters. The Morgan fingerprint density at radius 3 is 2.57 bits per heavy atom. The molecule has 5 rings (SSSR count). The van der Waals surface area contributed by atoms with Crippen molar-refractivity contribution in [3.63, 3.8) is 0 Å². The maximum Gasteiger partial charge on any atom is 0.265 e. The Labute approximate surface area is 218 Å². The van der Waals surface area contributed by atoms with Gasteiger partial charge in [0.2, 0.25) is 14.4 Å². The molecule has 2 aromatic heterocycles. The second-order valence-electron chi connectivity index (χ2n) is 8.52. The summed E-state index contributed by atoms with van der Waals surface area (Å²) in [7, 11) is -7.36. The average molecular weight is 561 g/mol. The summed E-state index contributed by atoms with van der Waals surface area (Å²) in [4.78, 5) is 4.02. The summed E-state index contributed by atoms with van der Waals surface area (Å²) >= 11 is 0.979. The van der Waals surface area contributed by atoms with Crippen LogP contribution in [0, 0.1) is 0 Å². The van der Waals surface area contributed by atoms with Crippen LogP contribution in [0.15, 0.2) is 64.5 Å². The summed E-state index contributed by atoms with van der Waals surface area (Å²) in [6.45, 7) is 0.963. The second-order valence-corrected chi connectivity index (χ2v) is 13.1. The normalized spacial score (nSPS) is 16.0. The SMILES string of the molecule is NS(=O)(=O)c1nc2ccc(OCc3cn(C4CCN(S(=O)(=O)C=Cc5ccccc5)CC4)nn3)cc2s1. The summed E-state index contributed by atoms with van der Waals surface area (Å²) in [6, 6.07) is 14.4. The first-order chi connectivity index (χ1) is 17.7. The molecule has 1 fully saturated rings. The van der Waals surface area contributed by atoms with Crippen LogP contribution in [0.4, 0.5) is 0 Å². The van der Waals surface area contributed by atoms with Gasteiger partial charge in [0, 0.05) is 18.5 Å². The number of sulfonamides is 2. The van der Waals surface area contributed by atoms with Crippen LogP contribution in [-0.2, 0) is 26.7 Å². The fourth-order valence-corrected chi connectivity index (χ4v) is 6.89. The molecule has 0 aliphatic carbocycles. The predicted molar refractivity (Wildman–Crippen MR) is 140 cm³/mol. The van der Waals surface area contributed by atoms with E-state index < -0.39 is 20.0 Å². The van der Waals surface area contributed by atoms with E-state index in [-0.39, 0.29) is 17.0 Å². The van der Waals surface area contributed by atoms with Crippen LogP contribution in [0.25, 0.3) is 16.3 Å². The molecule has 2 N–H and O–H groups in total. The third kappa shape index (κ3) is 6.05. The molecule has 1 saturated heterocycles. The highest BCUT2D eigenvalue weighted by Gasteiger charge is 2.28. The first-order valence-corrected chi connectivity index (χ1v) is 15.2. The van der Waals surface area contributed by atoms with Crippen molar-refractivity contribution in [3.8, 4) is 5.75 Å². The summed E-state index contributed by atoms with van der Waals surface area (Å²) in [6.07, 6.45) is 4.65. The van der Waals surface area contributed by atoms with E-state index in [1.54, 1.807) is 35.2 Å². The van der Waals surface area contributed by atoms with Crippen LogP contribution < -0.4 is 9.88 Å². The maximum atomic E-state index is 12.7. The van der Waals surface area contributed by atoms with Crippen molar-refractivity contribution >= 4 is 47.7 Å². The van der Waals surface area contributed by atoms with Crippen molar-refractivity contribution < 1.29 is 21.6 Å². The van der Waals surface area contributed by atoms with Gasteiger partial charge < -0.3 is 4.74 Å². The van der Waals surface area contributed by atoms with Gasteiger partial charge in [-0.1, -0.05) is 35.5 Å². The molecule has 4 aromatic rings. The van der Waals surface area contributed by atoms with Crippen molar-refractivity contribution in [2.45, 2.75) is 29.8 Å². The minimum absolute atomic E-state index is 0.0379. The minimum Gasteiger partial charge on any atom is -0.487 e. The Balaban J connectivity index is 1.16. The van der Waals surface area contributed by atoms with Crippen LogP contribution in [0.1, 0.15) is 30.1 Å². The molecule has 2 aromatic carbocycles. The lowest BCUT2D eigenvalue weighted by Crippen LogP contribution is -2.38. The van der Waals surface area contributed by atoms with E-state index in [1.165, 1.54) is 9.71 Å². The molecule has 1 aliphatic rings. The monoisotopic (exact) mass is 560 g/mol. The largest absolute Gasteiger partial charge is 0.487 e. The Morgan fingerprint density at radius 1 is 1.08 bits per heavy atom. The molecule has 37 heavy (non-hydrogen) atoms. The molecule has 0 unspecified atom stereocenters. The van der Waals surface area contributed by atoms with Gasteiger partial charge in [-0.3, -0.25) is 0 Å². The average Bonchev–Trinajstić information content (AvgIpc) is 3.54. The highest BCUT2D eigenvalue weighted by atomic mass is 32.2. The number of benzene rings is 2. The van der Waals surface area contributed by atoms with E-state index >= 15 is 0 Å². The highest BCUT2D eigenvalue weighted by Crippen LogP contribution is 2.29. The smallest absolute Gasteiger partial charge is 0.265 e. The molecule has 0 bridgehead atoms. The van der Waals surface area contributed by atoms with Crippen LogP contribution in [-0.4, -0.2) is 54.2 Å². The molecule has 0 amide bonds. The second kappa shape index (κ2) is 10.3. The Morgan fingerprint density at radius 2 is 1.84 bits per heavy atom. The topological polar surface area (TPSA) is 150 Å². The third-order valence-corrected chi connectivity index (χ3v) is 9.82. The van der Waals surface area contributed by atoms with Crippen LogP contribution in [0.2, 0.25) is 0 Å². The number of rotatable bonds is 8. The summed E-state index contributed by atoms with van der Waals surface area (Å²) < 4.78 is 58.0. The molecular formula is C23H24N6O5S3. The zero-order valence-electron chi connectivity index (χ0n) is 19.5. The molecule has 0 spiro atoms. The number of ether oxygens (including phenoxy) is 1. The van der Waals surface area contributed by atoms with Crippen molar-refractivity contribution in [2.24, 2.45) is 5.14 Å². The fraction of sp³-hybridized carbons (Fsp3) is 0.261. The Hall–Kier alpha value is -3.17. The highest BCUT2D eigenvalue weighted by molar-refractivity contribution is 7.92. The molecular weight excluding hydrogens is 536 g/mol. The molecule has 14 heteroatoms. The number of piperidine rings is 1. The van der Waals surface area contributed by atoms with E-state index in [2.05, 4.69) is 15.3 Å². The number of hydrogen-bond acceptors (Lipinski definition) is 9. The van der Waals surface area contributed by atoms with Crippen molar-refractivity contribution in [2.75, 3.05) is 13.1 Å². The summed E-state index contributed by atoms with van der Waals surface area (Å²) in [5.74, 6) is 0.536. The van der Waals surface area contributed by atoms with Crippen molar-refractivity contribution in [1.29, 1.82) is 0 Å². The summed E-state index contributed by atoms with van der Waals surface area (Å²) in [5, 5.41) is 14.8. The third-order valence-electron chi connectivity index (χ3n) is 5.92. The van der Waals surface area contributed by atoms with Gasteiger partial charge in [-0.05, 0) is 42.7 Å². The van der Waals surface area contributed by atoms with E-state index in [0.29, 0.717) is 47.6 Å². The van der Waals surface area contributed by atoms with Gasteiger partial charge in [0.1, 0.15) is 18.1 Å². The van der Waals surface area contributed by atoms with Gasteiger partial charge in [0.15, 0.2) is 0 Å². The van der Waals surface area contributed by atoms with Gasteiger partial charge in [-0.25, -0.2) is 31.6 Å². The lowest BCUT2D eigenvalue weighted by molar-refractivity contribution is 0.260. The van der Waals surface area contributed by atoms with Crippen molar-refractivity contribution in [3.05, 3.63) is 71.4 Å². The van der Waals surface area contributed by atoms with E-state index in [0.717, 1.165) is 16.9 Å². The van der Waals surface area contributed by atoms with E-state index in [1.807, 2.05) is 30.3 Å². The van der Waals surface area contributed by atoms with Crippen LogP contribution >= 0.6 is 11.3 Å². The van der Waals surface area contributed by atoms with Gasteiger partial charge in [-0.15, -0.1) is 16.4 Å². The lowest BCUT2D eigenvalue weighted by atomic mass is 10.1. The zero-order chi connectivity index (χ0) is 26.0. The van der Waals surface area contributed by atoms with Gasteiger partial charge in [0.05, 0.1) is 22.5 Å². The first kappa shape index (κ1) is 25.5. The van der Waals surface area contributed by atoms with E-state index in [4.69, 9.17) is 9.88 Å². The van der Waals surface area contributed by atoms with Crippen molar-refractivity contribution in [1.82, 2.24) is 24.3 Å². The summed E-state index contributed by atoms with van der Waals surface area (Å²) in [5.41, 5.74) is 1.98. The van der Waals surface area contributed by atoms with Crippen LogP contribution in [0.3, 0.4) is 0 Å². The molecule has 0 radical (unpaired) electrons. The number of fused-ring (bicyclic) bond motifs is 1. The van der Waals surface area contributed by atoms with Gasteiger partial charge in [0.25, 0.3) is 10.0 Å². The van der Waals surface area contributed by atoms with E-state index in [9.17, 15) is 16.8 Å². The van der Waals surface area contributed by atoms with Crippen LogP contribution in [0.5, 0.6) is 5.75 Å². The quantitative estimate of drug-likeness (QED) is 0.346. The molecule has 11 nitrogen and oxygen atoms in total. The first-order valence-electron chi connectivity index (χ1n) is 11.4. The molecule has 194 valence electrons. The molecule has 1 aliphatic heterocycles. The Bertz CT molecular complexity index is 1640. The van der Waals surface area contributed by atoms with Gasteiger partial charge in [-0.2, -0.15) is 4.31 Å². The molecule has 3 heterocycles. The number of nitrogens with zero attached hydrogens (tertiary/aromatic N) is 5. The Kier molecular flexibility index (Phi) is 7.09. The number of thiazole rings is 1. The number of hydrogen-bond donors (Lipinski definition) is 1. The zero-order valence-corrected chi connectivity index (χ0v) is 22.0. The lowest BCUT2D eigenvalue weighted by Gasteiger charge is -2.30. The maximum absolute atomic E-state index is 12.7. The predicted octanol–water partition coefficient (Wildman–Crippen LogP) is 2.75. The van der Waals surface area contributed by atoms with Gasteiger partial charge >= 0.3 is 0 Å². The number of primary sulfonamides is 1.